The van der Waals surface area contributed by atoms with Crippen molar-refractivity contribution in [1.82, 2.24) is 0 Å². The van der Waals surface area contributed by atoms with Crippen molar-refractivity contribution >= 4 is 11.9 Å². The van der Waals surface area contributed by atoms with Crippen LogP contribution in [-0.4, -0.2) is 232 Å². The van der Waals surface area contributed by atoms with Crippen LogP contribution in [0.4, 0.5) is 0 Å². The van der Waals surface area contributed by atoms with Crippen molar-refractivity contribution in [1.29, 1.82) is 0 Å². The first-order chi connectivity index (χ1) is 36.0. The van der Waals surface area contributed by atoms with E-state index >= 15 is 4.79 Å². The third-order valence-corrected chi connectivity index (χ3v) is 21.1. The topological polar surface area (TPSA) is 391 Å². The number of carbonyl (C=O) groups is 2. The van der Waals surface area contributed by atoms with Gasteiger partial charge in [0.1, 0.15) is 85.5 Å². The van der Waals surface area contributed by atoms with Crippen LogP contribution in [0.15, 0.2) is 11.6 Å². The zero-order chi connectivity index (χ0) is 56.4. The van der Waals surface area contributed by atoms with Crippen LogP contribution in [0.1, 0.15) is 106 Å². The molecule has 0 aromatic carbocycles. The number of aliphatic carboxylic acids is 1. The summed E-state index contributed by atoms with van der Waals surface area (Å²) in [4.78, 5) is 29.1. The van der Waals surface area contributed by atoms with Gasteiger partial charge < -0.3 is 109 Å². The maximum absolute atomic E-state index is 15.2. The van der Waals surface area contributed by atoms with Crippen LogP contribution in [0.2, 0.25) is 0 Å². The highest BCUT2D eigenvalue weighted by atomic mass is 16.8. The van der Waals surface area contributed by atoms with Gasteiger partial charge in [0.25, 0.3) is 0 Å². The summed E-state index contributed by atoms with van der Waals surface area (Å²) in [5.41, 5.74) is -3.95. The molecule has 0 unspecified atom stereocenters. The average molecular weight is 1110 g/mol. The molecule has 5 aliphatic carbocycles. The number of rotatable bonds is 12. The van der Waals surface area contributed by atoms with E-state index in [1.807, 2.05) is 6.92 Å². The highest BCUT2D eigenvalue weighted by molar-refractivity contribution is 5.79. The number of carboxylic acids is 1. The van der Waals surface area contributed by atoms with Gasteiger partial charge in [-0.05, 0) is 111 Å². The van der Waals surface area contributed by atoms with E-state index in [4.69, 9.17) is 37.9 Å². The largest absolute Gasteiger partial charge is 0.481 e. The Morgan fingerprint density at radius 2 is 1.12 bits per heavy atom. The molecule has 9 aliphatic rings. The predicted molar refractivity (Wildman–Crippen MR) is 259 cm³/mol. The molecule has 4 aliphatic heterocycles. The summed E-state index contributed by atoms with van der Waals surface area (Å²) in [5, 5.41) is 151. The number of carboxylic acid groups (broad SMARTS) is 1. The van der Waals surface area contributed by atoms with Gasteiger partial charge in [0.05, 0.1) is 42.9 Å². The molecule has 0 aromatic rings. The van der Waals surface area contributed by atoms with Crippen LogP contribution in [-0.2, 0) is 47.5 Å². The van der Waals surface area contributed by atoms with Gasteiger partial charge in [-0.15, -0.1) is 0 Å². The van der Waals surface area contributed by atoms with Crippen molar-refractivity contribution < 1.29 is 119 Å². The highest BCUT2D eigenvalue weighted by Gasteiger charge is 2.73. The zero-order valence-corrected chi connectivity index (χ0v) is 44.8. The minimum absolute atomic E-state index is 0.0593. The molecule has 0 bridgehead atoms. The Bertz CT molecular complexity index is 2180. The Morgan fingerprint density at radius 1 is 0.584 bits per heavy atom. The molecule has 8 fully saturated rings. The molecule has 4 saturated carbocycles. The molecule has 440 valence electrons. The van der Waals surface area contributed by atoms with Crippen LogP contribution in [0.3, 0.4) is 0 Å². The summed E-state index contributed by atoms with van der Waals surface area (Å²) < 4.78 is 47.3. The van der Waals surface area contributed by atoms with Crippen LogP contribution >= 0.6 is 0 Å². The fraction of sp³-hybridized carbons (Fsp3) is 0.925. The molecular formula is C53H84O24. The van der Waals surface area contributed by atoms with Gasteiger partial charge in [-0.2, -0.15) is 0 Å². The monoisotopic (exact) mass is 1100 g/mol. The fourth-order valence-electron chi connectivity index (χ4n) is 16.3. The summed E-state index contributed by atoms with van der Waals surface area (Å²) >= 11 is 0. The number of hydrogen-bond acceptors (Lipinski definition) is 23. The second-order valence-corrected chi connectivity index (χ2v) is 25.7. The van der Waals surface area contributed by atoms with Crippen molar-refractivity contribution in [2.75, 3.05) is 19.8 Å². The number of aliphatic hydroxyl groups is 13. The second kappa shape index (κ2) is 21.3. The first-order valence-corrected chi connectivity index (χ1v) is 27.4. The Hall–Kier alpha value is -2.12. The van der Waals surface area contributed by atoms with Gasteiger partial charge in [0.2, 0.25) is 6.29 Å². The van der Waals surface area contributed by atoms with E-state index in [9.17, 15) is 76.3 Å². The molecule has 0 amide bonds. The Balaban J connectivity index is 0.976. The van der Waals surface area contributed by atoms with E-state index in [1.165, 1.54) is 13.8 Å². The molecular weight excluding hydrogens is 1020 g/mol. The van der Waals surface area contributed by atoms with Crippen LogP contribution in [0, 0.1) is 50.2 Å². The van der Waals surface area contributed by atoms with Crippen molar-refractivity contribution in [3.8, 4) is 0 Å². The molecule has 9 rings (SSSR count). The SMILES string of the molecule is C[C@@H]1O[C@@H](O[C@@H]2[C@@H](OC(=O)[C@]34CCC(C)(C)C[C@H]3C3=CC[C@@H]5[C@@]6(C)C[C@H](O)[C@H](O[C@@H]7O[C@H](CO)[C@@H](O)[C@H](O[C@@H]8O[C@H](CO)[C@@H](O)[C@H](O)[C@H]8O)[C@H]7O)[C@@](C)(C(=O)O)[C@@H]6CC[C@@]5(C)[C@]3(C)CC4)O[C@H](CO)[C@H]2O)[C@H](O)[C@H](O)[C@H]1O. The number of allylic oxidation sites excluding steroid dienone is 2. The first-order valence-electron chi connectivity index (χ1n) is 27.4. The quantitative estimate of drug-likeness (QED) is 0.0553. The molecule has 4 saturated heterocycles. The van der Waals surface area contributed by atoms with Gasteiger partial charge in [0, 0.05) is 0 Å². The average Bonchev–Trinajstić information content (AvgIpc) is 3.67. The van der Waals surface area contributed by atoms with E-state index in [1.54, 1.807) is 0 Å². The molecule has 14 N–H and O–H groups in total. The minimum atomic E-state index is -1.97. The Morgan fingerprint density at radius 3 is 1.73 bits per heavy atom. The molecule has 29 atom stereocenters. The number of aliphatic hydroxyl groups excluding tert-OH is 13. The summed E-state index contributed by atoms with van der Waals surface area (Å²) in [7, 11) is 0. The van der Waals surface area contributed by atoms with Crippen LogP contribution < -0.4 is 0 Å². The molecule has 0 radical (unpaired) electrons. The standard InChI is InChI=1S/C53H84O24/c1-21-30(58)34(62)36(64)42(70-21)75-40-33(61)27(20-56)73-45(40)77-47(69)53-14-12-48(2,3)16-23(53)22-8-9-28-49(4)17-24(57)41(52(7,46(67)68)29(49)10-11-51(28,6)50(22,5)13-15-53)76-44-38(66)39(32(60)26(19-55)72-44)74-43-37(65)35(63)31(59)25(18-54)71-43/h8,21,23-45,54-66H,9-20H2,1-7H3,(H,67,68)/t21-,23-,24-,25+,26+,27+,28+,29+,30-,31+,32+,33+,34+,35-,36+,37+,38+,39-,40-,41-,42-,43-,44-,45+,49+,50+,51+,52-,53-/m0/s1. The smallest absolute Gasteiger partial charge is 0.315 e. The fourth-order valence-corrected chi connectivity index (χ4v) is 16.3. The molecule has 0 aromatic heterocycles. The molecule has 24 nitrogen and oxygen atoms in total. The van der Waals surface area contributed by atoms with E-state index in [0.29, 0.717) is 51.4 Å². The number of hydrogen-bond donors (Lipinski definition) is 14. The Labute approximate surface area is 446 Å². The molecule has 77 heavy (non-hydrogen) atoms. The van der Waals surface area contributed by atoms with Gasteiger partial charge in [-0.3, -0.25) is 9.59 Å². The van der Waals surface area contributed by atoms with Crippen molar-refractivity contribution in [2.45, 2.75) is 235 Å². The van der Waals surface area contributed by atoms with Crippen LogP contribution in [0.5, 0.6) is 0 Å². The summed E-state index contributed by atoms with van der Waals surface area (Å²) in [6.07, 6.45) is -27.5. The lowest BCUT2D eigenvalue weighted by molar-refractivity contribution is -0.373. The van der Waals surface area contributed by atoms with Gasteiger partial charge in [-0.25, -0.2) is 0 Å². The predicted octanol–water partition coefficient (Wildman–Crippen LogP) is -2.33. The number of fused-ring (bicyclic) bond motifs is 7. The minimum Gasteiger partial charge on any atom is -0.481 e. The maximum Gasteiger partial charge on any atom is 0.315 e. The van der Waals surface area contributed by atoms with E-state index < -0.39 is 194 Å². The summed E-state index contributed by atoms with van der Waals surface area (Å²) in [5.74, 6) is -3.05. The highest BCUT2D eigenvalue weighted by Crippen LogP contribution is 2.76. The van der Waals surface area contributed by atoms with Crippen molar-refractivity contribution in [3.05, 3.63) is 11.6 Å². The lowest BCUT2D eigenvalue weighted by Gasteiger charge is -2.71. The summed E-state index contributed by atoms with van der Waals surface area (Å²) in [6, 6.07) is 0. The lowest BCUT2D eigenvalue weighted by atomic mass is 9.33. The Kier molecular flexibility index (Phi) is 16.4. The normalized spacial score (nSPS) is 54.5. The van der Waals surface area contributed by atoms with E-state index in [2.05, 4.69) is 33.8 Å². The van der Waals surface area contributed by atoms with Crippen LogP contribution in [0.25, 0.3) is 0 Å². The second-order valence-electron chi connectivity index (χ2n) is 25.7. The third-order valence-electron chi connectivity index (χ3n) is 21.1. The van der Waals surface area contributed by atoms with Gasteiger partial charge >= 0.3 is 11.9 Å². The number of carbonyl (C=O) groups excluding carboxylic acids is 1. The first kappa shape index (κ1) is 59.5. The third kappa shape index (κ3) is 9.37. The summed E-state index contributed by atoms with van der Waals surface area (Å²) in [6.45, 7) is 11.5. The van der Waals surface area contributed by atoms with E-state index in [0.717, 1.165) is 5.57 Å². The molecule has 24 heteroatoms. The van der Waals surface area contributed by atoms with Gasteiger partial charge in [0.15, 0.2) is 25.0 Å². The van der Waals surface area contributed by atoms with Crippen molar-refractivity contribution in [2.24, 2.45) is 50.2 Å². The lowest BCUT2D eigenvalue weighted by Crippen LogP contribution is -2.70. The van der Waals surface area contributed by atoms with E-state index in [-0.39, 0.29) is 23.7 Å². The zero-order valence-electron chi connectivity index (χ0n) is 44.8. The number of esters is 1. The van der Waals surface area contributed by atoms with Gasteiger partial charge in [-0.1, -0.05) is 46.3 Å². The maximum atomic E-state index is 15.2. The molecule has 4 heterocycles. The van der Waals surface area contributed by atoms with Crippen molar-refractivity contribution in [3.63, 3.8) is 0 Å². The number of ether oxygens (including phenoxy) is 8. The molecule has 0 spiro atoms.